The van der Waals surface area contributed by atoms with Crippen molar-refractivity contribution in [1.82, 2.24) is 0 Å². The van der Waals surface area contributed by atoms with Gasteiger partial charge in [-0.15, -0.1) is 0 Å². The first kappa shape index (κ1) is 26.0. The summed E-state index contributed by atoms with van der Waals surface area (Å²) >= 11 is 0. The first-order chi connectivity index (χ1) is 16.9. The Bertz CT molecular complexity index is 868. The van der Waals surface area contributed by atoms with Crippen LogP contribution in [0.5, 0.6) is 0 Å². The van der Waals surface area contributed by atoms with Gasteiger partial charge in [0.25, 0.3) is 0 Å². The van der Waals surface area contributed by atoms with Crippen molar-refractivity contribution >= 4 is 17.9 Å². The molecule has 6 saturated carbocycles. The van der Waals surface area contributed by atoms with Crippen molar-refractivity contribution < 1.29 is 28.6 Å². The number of hydrogen-bond donors (Lipinski definition) is 0. The van der Waals surface area contributed by atoms with Gasteiger partial charge in [-0.3, -0.25) is 14.4 Å². The van der Waals surface area contributed by atoms with Gasteiger partial charge in [0.2, 0.25) is 0 Å². The lowest BCUT2D eigenvalue weighted by Crippen LogP contribution is -2.53. The number of carbonyl (C=O) groups excluding carboxylic acids is 3. The van der Waals surface area contributed by atoms with Gasteiger partial charge in [-0.05, 0) is 110 Å². The number of carbonyl (C=O) groups is 3. The van der Waals surface area contributed by atoms with Gasteiger partial charge in [-0.2, -0.15) is 0 Å². The van der Waals surface area contributed by atoms with Crippen LogP contribution in [0.4, 0.5) is 0 Å². The van der Waals surface area contributed by atoms with Crippen LogP contribution in [0.25, 0.3) is 0 Å². The minimum absolute atomic E-state index is 0.0342. The number of rotatable bonds is 6. The van der Waals surface area contributed by atoms with Crippen molar-refractivity contribution in [2.24, 2.45) is 46.3 Å². The monoisotopic (exact) mass is 502 g/mol. The van der Waals surface area contributed by atoms with E-state index in [1.807, 2.05) is 34.6 Å². The Kier molecular flexibility index (Phi) is 6.52. The first-order valence-electron chi connectivity index (χ1n) is 14.5. The summed E-state index contributed by atoms with van der Waals surface area (Å²) in [4.78, 5) is 36.1. The van der Waals surface area contributed by atoms with Crippen molar-refractivity contribution in [2.75, 3.05) is 0 Å². The lowest BCUT2D eigenvalue weighted by Gasteiger charge is -2.56. The maximum atomic E-state index is 12.4. The highest BCUT2D eigenvalue weighted by Crippen LogP contribution is 2.58. The molecule has 1 heterocycles. The summed E-state index contributed by atoms with van der Waals surface area (Å²) in [5, 5.41) is 0. The summed E-state index contributed by atoms with van der Waals surface area (Å²) in [5.74, 6) is 3.01. The van der Waals surface area contributed by atoms with Crippen LogP contribution in [0.15, 0.2) is 0 Å². The highest BCUT2D eigenvalue weighted by atomic mass is 16.6. The van der Waals surface area contributed by atoms with Crippen LogP contribution >= 0.6 is 0 Å². The number of esters is 3. The summed E-state index contributed by atoms with van der Waals surface area (Å²) in [6.07, 6.45) is 10.7. The quantitative estimate of drug-likeness (QED) is 0.335. The normalized spacial score (nSPS) is 41.6. The molecular formula is C30H46O6. The van der Waals surface area contributed by atoms with E-state index in [0.717, 1.165) is 62.7 Å². The predicted octanol–water partition coefficient (Wildman–Crippen LogP) is 5.85. The van der Waals surface area contributed by atoms with Gasteiger partial charge in [-0.25, -0.2) is 0 Å². The van der Waals surface area contributed by atoms with E-state index in [1.165, 1.54) is 19.3 Å². The van der Waals surface area contributed by atoms with Crippen LogP contribution in [0.1, 0.15) is 106 Å². The van der Waals surface area contributed by atoms with Crippen LogP contribution in [-0.4, -0.2) is 35.7 Å². The van der Waals surface area contributed by atoms with Crippen LogP contribution < -0.4 is 0 Å². The maximum absolute atomic E-state index is 12.4. The lowest BCUT2D eigenvalue weighted by atomic mass is 9.54. The van der Waals surface area contributed by atoms with E-state index in [1.54, 1.807) is 0 Å². The maximum Gasteiger partial charge on any atom is 0.312 e. The molecule has 0 aromatic rings. The van der Waals surface area contributed by atoms with Gasteiger partial charge in [0.1, 0.15) is 17.8 Å². The third-order valence-electron chi connectivity index (χ3n) is 10.8. The van der Waals surface area contributed by atoms with Gasteiger partial charge in [0, 0.05) is 11.8 Å². The second-order valence-corrected chi connectivity index (χ2v) is 14.2. The average molecular weight is 503 g/mol. The zero-order valence-electron chi connectivity index (χ0n) is 23.1. The fourth-order valence-corrected chi connectivity index (χ4v) is 8.13. The fraction of sp³-hybridized carbons (Fsp3) is 0.900. The molecule has 0 aromatic heterocycles. The molecule has 5 atom stereocenters. The summed E-state index contributed by atoms with van der Waals surface area (Å²) in [7, 11) is 0. The molecule has 0 amide bonds. The molecule has 7 rings (SSSR count). The summed E-state index contributed by atoms with van der Waals surface area (Å²) in [5.41, 5.74) is -0.842. The minimum Gasteiger partial charge on any atom is -0.459 e. The van der Waals surface area contributed by atoms with Crippen molar-refractivity contribution in [3.63, 3.8) is 0 Å². The molecule has 0 radical (unpaired) electrons. The van der Waals surface area contributed by atoms with Crippen LogP contribution in [-0.2, 0) is 28.6 Å². The number of fused-ring (bicyclic) bond motifs is 1. The Balaban J connectivity index is 0.000000148. The van der Waals surface area contributed by atoms with Crippen molar-refractivity contribution in [3.05, 3.63) is 0 Å². The second kappa shape index (κ2) is 9.01. The molecule has 5 unspecified atom stereocenters. The second-order valence-electron chi connectivity index (χ2n) is 14.2. The van der Waals surface area contributed by atoms with E-state index in [9.17, 15) is 14.4 Å². The lowest BCUT2D eigenvalue weighted by molar-refractivity contribution is -0.196. The van der Waals surface area contributed by atoms with Crippen LogP contribution in [0.2, 0.25) is 0 Å². The van der Waals surface area contributed by atoms with E-state index in [-0.39, 0.29) is 47.0 Å². The summed E-state index contributed by atoms with van der Waals surface area (Å²) in [6, 6.07) is 0. The minimum atomic E-state index is -0.455. The zero-order chi connectivity index (χ0) is 26.0. The Morgan fingerprint density at radius 2 is 1.39 bits per heavy atom. The Morgan fingerprint density at radius 3 is 1.92 bits per heavy atom. The highest BCUT2D eigenvalue weighted by Gasteiger charge is 2.63. The SMILES string of the molecule is CCC(C)(C)C(=O)OC12CC3CC(CC(C3)C1)C2.CCC(C)(C)C(=O)OC1C2CC3C(=O)OC1C3C2. The largest absolute Gasteiger partial charge is 0.459 e. The first-order valence-corrected chi connectivity index (χ1v) is 14.5. The zero-order valence-corrected chi connectivity index (χ0v) is 23.1. The third kappa shape index (κ3) is 4.49. The average Bonchev–Trinajstić information content (AvgIpc) is 3.43. The molecule has 0 spiro atoms. The van der Waals surface area contributed by atoms with Gasteiger partial charge in [0.15, 0.2) is 0 Å². The molecule has 1 saturated heterocycles. The smallest absolute Gasteiger partial charge is 0.312 e. The van der Waals surface area contributed by atoms with Crippen molar-refractivity contribution in [3.8, 4) is 0 Å². The Morgan fingerprint density at radius 1 is 0.861 bits per heavy atom. The van der Waals surface area contributed by atoms with Gasteiger partial charge >= 0.3 is 17.9 Å². The topological polar surface area (TPSA) is 78.9 Å². The van der Waals surface area contributed by atoms with E-state index < -0.39 is 5.41 Å². The molecule has 6 nitrogen and oxygen atoms in total. The molecule has 6 aliphatic carbocycles. The van der Waals surface area contributed by atoms with E-state index in [4.69, 9.17) is 14.2 Å². The van der Waals surface area contributed by atoms with Crippen LogP contribution in [0.3, 0.4) is 0 Å². The number of ether oxygens (including phenoxy) is 3. The Hall–Kier alpha value is -1.59. The molecule has 6 bridgehead atoms. The van der Waals surface area contributed by atoms with Gasteiger partial charge < -0.3 is 14.2 Å². The molecule has 202 valence electrons. The molecule has 1 aliphatic heterocycles. The number of hydrogen-bond acceptors (Lipinski definition) is 6. The van der Waals surface area contributed by atoms with E-state index in [0.29, 0.717) is 11.8 Å². The van der Waals surface area contributed by atoms with Crippen LogP contribution in [0, 0.1) is 46.3 Å². The van der Waals surface area contributed by atoms with Gasteiger partial charge in [-0.1, -0.05) is 13.8 Å². The Labute approximate surface area is 216 Å². The van der Waals surface area contributed by atoms with E-state index >= 15 is 0 Å². The molecule has 7 aliphatic rings. The highest BCUT2D eigenvalue weighted by molar-refractivity contribution is 5.78. The molecular weight excluding hydrogens is 456 g/mol. The van der Waals surface area contributed by atoms with E-state index in [2.05, 4.69) is 6.92 Å². The standard InChI is InChI=1S/C16H26O2.C14H20O4/c1-4-15(2,3)14(17)18-16-8-11-5-12(9-16)7-13(6-11)10-16;1-4-14(2,3)13(16)18-10-7-5-8-9(6-7)12(15)17-11(8)10/h11-13H,4-10H2,1-3H3;7-11H,4-6H2,1-3H3. The molecule has 0 aromatic carbocycles. The summed E-state index contributed by atoms with van der Waals surface area (Å²) in [6.45, 7) is 11.9. The predicted molar refractivity (Wildman–Crippen MR) is 135 cm³/mol. The van der Waals surface area contributed by atoms with Gasteiger partial charge in [0.05, 0.1) is 16.7 Å². The fourth-order valence-electron chi connectivity index (χ4n) is 8.13. The third-order valence-corrected chi connectivity index (χ3v) is 10.8. The summed E-state index contributed by atoms with van der Waals surface area (Å²) < 4.78 is 17.1. The van der Waals surface area contributed by atoms with Crippen molar-refractivity contribution in [2.45, 2.75) is 124 Å². The molecule has 0 N–H and O–H groups in total. The van der Waals surface area contributed by atoms with Crippen molar-refractivity contribution in [1.29, 1.82) is 0 Å². The molecule has 6 heteroatoms. The molecule has 7 fully saturated rings. The molecule has 36 heavy (non-hydrogen) atoms.